The Morgan fingerprint density at radius 2 is 1.88 bits per heavy atom. The lowest BCUT2D eigenvalue weighted by atomic mass is 10.1. The fraction of sp³-hybridized carbons (Fsp3) is 0.571. The zero-order chi connectivity index (χ0) is 12.3. The van der Waals surface area contributed by atoms with Crippen molar-refractivity contribution in [3.8, 4) is 0 Å². The third-order valence-electron chi connectivity index (χ3n) is 3.17. The molecule has 1 heterocycles. The SMILES string of the molecule is CC1CN(c2ccccc2CCN)CC(C)S1. The first kappa shape index (κ1) is 12.8. The Labute approximate surface area is 109 Å². The molecular weight excluding hydrogens is 228 g/mol. The van der Waals surface area contributed by atoms with E-state index in [-0.39, 0.29) is 0 Å². The number of nitrogens with two attached hydrogens (primary N) is 1. The van der Waals surface area contributed by atoms with Crippen molar-refractivity contribution < 1.29 is 0 Å². The summed E-state index contributed by atoms with van der Waals surface area (Å²) in [4.78, 5) is 2.52. The Bertz CT molecular complexity index is 357. The summed E-state index contributed by atoms with van der Waals surface area (Å²) >= 11 is 2.09. The van der Waals surface area contributed by atoms with E-state index in [1.165, 1.54) is 11.3 Å². The van der Waals surface area contributed by atoms with E-state index in [9.17, 15) is 0 Å². The molecule has 0 saturated carbocycles. The van der Waals surface area contributed by atoms with E-state index in [1.807, 2.05) is 0 Å². The number of para-hydroxylation sites is 1. The fourth-order valence-electron chi connectivity index (χ4n) is 2.56. The average Bonchev–Trinajstić information content (AvgIpc) is 2.29. The van der Waals surface area contributed by atoms with Gasteiger partial charge < -0.3 is 10.6 Å². The highest BCUT2D eigenvalue weighted by molar-refractivity contribution is 8.00. The number of benzene rings is 1. The molecule has 1 saturated heterocycles. The van der Waals surface area contributed by atoms with Crippen molar-refractivity contribution in [2.75, 3.05) is 24.5 Å². The molecular formula is C14H22N2S. The highest BCUT2D eigenvalue weighted by Gasteiger charge is 2.23. The van der Waals surface area contributed by atoms with E-state index in [0.29, 0.717) is 10.5 Å². The maximum atomic E-state index is 5.69. The molecule has 3 heteroatoms. The largest absolute Gasteiger partial charge is 0.369 e. The van der Waals surface area contributed by atoms with Crippen molar-refractivity contribution in [2.24, 2.45) is 5.73 Å². The van der Waals surface area contributed by atoms with E-state index < -0.39 is 0 Å². The minimum Gasteiger partial charge on any atom is -0.369 e. The van der Waals surface area contributed by atoms with Crippen molar-refractivity contribution in [1.29, 1.82) is 0 Å². The predicted molar refractivity (Wildman–Crippen MR) is 77.9 cm³/mol. The molecule has 0 spiro atoms. The zero-order valence-electron chi connectivity index (χ0n) is 10.7. The van der Waals surface area contributed by atoms with Gasteiger partial charge in [0.05, 0.1) is 0 Å². The van der Waals surface area contributed by atoms with Crippen molar-refractivity contribution in [2.45, 2.75) is 30.8 Å². The summed E-state index contributed by atoms with van der Waals surface area (Å²) in [5.74, 6) is 0. The first-order valence-electron chi connectivity index (χ1n) is 6.39. The third kappa shape index (κ3) is 3.17. The molecule has 17 heavy (non-hydrogen) atoms. The van der Waals surface area contributed by atoms with E-state index in [1.54, 1.807) is 0 Å². The Morgan fingerprint density at radius 3 is 2.53 bits per heavy atom. The molecule has 1 aromatic rings. The van der Waals surface area contributed by atoms with Crippen LogP contribution in [0.1, 0.15) is 19.4 Å². The van der Waals surface area contributed by atoms with Crippen LogP contribution in [0.3, 0.4) is 0 Å². The maximum absolute atomic E-state index is 5.69. The standard InChI is InChI=1S/C14H22N2S/c1-11-9-16(10-12(2)17-11)14-6-4-3-5-13(14)7-8-15/h3-6,11-12H,7-10,15H2,1-2H3. The molecule has 0 bridgehead atoms. The van der Waals surface area contributed by atoms with Crippen LogP contribution in [-0.2, 0) is 6.42 Å². The summed E-state index contributed by atoms with van der Waals surface area (Å²) in [6, 6.07) is 8.69. The summed E-state index contributed by atoms with van der Waals surface area (Å²) in [5.41, 5.74) is 8.47. The molecule has 1 aliphatic heterocycles. The fourth-order valence-corrected chi connectivity index (χ4v) is 3.89. The number of rotatable bonds is 3. The summed E-state index contributed by atoms with van der Waals surface area (Å²) in [6.45, 7) is 7.66. The molecule has 1 aromatic carbocycles. The quantitative estimate of drug-likeness (QED) is 0.894. The predicted octanol–water partition coefficient (Wildman–Crippen LogP) is 2.52. The van der Waals surface area contributed by atoms with Gasteiger partial charge in [0.15, 0.2) is 0 Å². The molecule has 0 radical (unpaired) electrons. The molecule has 1 aliphatic rings. The van der Waals surface area contributed by atoms with E-state index in [2.05, 4.69) is 54.8 Å². The topological polar surface area (TPSA) is 29.3 Å². The smallest absolute Gasteiger partial charge is 0.0399 e. The van der Waals surface area contributed by atoms with Crippen LogP contribution in [0.15, 0.2) is 24.3 Å². The second-order valence-corrected chi connectivity index (χ2v) is 6.71. The van der Waals surface area contributed by atoms with Crippen molar-refractivity contribution in [1.82, 2.24) is 0 Å². The minimum atomic E-state index is 0.713. The van der Waals surface area contributed by atoms with Crippen LogP contribution in [0.4, 0.5) is 5.69 Å². The summed E-state index contributed by atoms with van der Waals surface area (Å²) in [7, 11) is 0. The van der Waals surface area contributed by atoms with E-state index in [0.717, 1.165) is 26.1 Å². The van der Waals surface area contributed by atoms with Gasteiger partial charge >= 0.3 is 0 Å². The van der Waals surface area contributed by atoms with Gasteiger partial charge in [-0.15, -0.1) is 0 Å². The van der Waals surface area contributed by atoms with Crippen LogP contribution in [0.25, 0.3) is 0 Å². The monoisotopic (exact) mass is 250 g/mol. The summed E-state index contributed by atoms with van der Waals surface area (Å²) in [6.07, 6.45) is 0.975. The molecule has 2 atom stereocenters. The van der Waals surface area contributed by atoms with Gasteiger partial charge in [-0.3, -0.25) is 0 Å². The number of nitrogens with zero attached hydrogens (tertiary/aromatic N) is 1. The van der Waals surface area contributed by atoms with Gasteiger partial charge in [0.25, 0.3) is 0 Å². The van der Waals surface area contributed by atoms with Crippen molar-refractivity contribution in [3.63, 3.8) is 0 Å². The molecule has 0 aromatic heterocycles. The van der Waals surface area contributed by atoms with Crippen LogP contribution < -0.4 is 10.6 Å². The molecule has 2 rings (SSSR count). The zero-order valence-corrected chi connectivity index (χ0v) is 11.5. The lowest BCUT2D eigenvalue weighted by molar-refractivity contribution is 0.723. The van der Waals surface area contributed by atoms with Crippen LogP contribution in [0.2, 0.25) is 0 Å². The maximum Gasteiger partial charge on any atom is 0.0399 e. The van der Waals surface area contributed by atoms with Gasteiger partial charge in [-0.05, 0) is 24.6 Å². The van der Waals surface area contributed by atoms with Crippen LogP contribution >= 0.6 is 11.8 Å². The summed E-state index contributed by atoms with van der Waals surface area (Å²) in [5, 5.41) is 1.43. The minimum absolute atomic E-state index is 0.713. The normalized spacial score (nSPS) is 25.0. The highest BCUT2D eigenvalue weighted by Crippen LogP contribution is 2.30. The second-order valence-electron chi connectivity index (χ2n) is 4.83. The van der Waals surface area contributed by atoms with E-state index in [4.69, 9.17) is 5.73 Å². The molecule has 1 fully saturated rings. The third-order valence-corrected chi connectivity index (χ3v) is 4.39. The van der Waals surface area contributed by atoms with Gasteiger partial charge in [0, 0.05) is 29.3 Å². The Hall–Kier alpha value is -0.670. The van der Waals surface area contributed by atoms with Crippen LogP contribution in [0, 0.1) is 0 Å². The number of hydrogen-bond donors (Lipinski definition) is 1. The van der Waals surface area contributed by atoms with Crippen LogP contribution in [-0.4, -0.2) is 30.1 Å². The molecule has 2 nitrogen and oxygen atoms in total. The summed E-state index contributed by atoms with van der Waals surface area (Å²) < 4.78 is 0. The molecule has 94 valence electrons. The number of anilines is 1. The Morgan fingerprint density at radius 1 is 1.24 bits per heavy atom. The van der Waals surface area contributed by atoms with E-state index >= 15 is 0 Å². The van der Waals surface area contributed by atoms with Gasteiger partial charge in [-0.2, -0.15) is 11.8 Å². The number of hydrogen-bond acceptors (Lipinski definition) is 3. The van der Waals surface area contributed by atoms with Crippen molar-refractivity contribution >= 4 is 17.4 Å². The average molecular weight is 250 g/mol. The lowest BCUT2D eigenvalue weighted by Gasteiger charge is -2.37. The Balaban J connectivity index is 2.20. The molecule has 2 unspecified atom stereocenters. The van der Waals surface area contributed by atoms with Crippen molar-refractivity contribution in [3.05, 3.63) is 29.8 Å². The first-order valence-corrected chi connectivity index (χ1v) is 7.33. The number of thioether (sulfide) groups is 1. The Kier molecular flexibility index (Phi) is 4.35. The van der Waals surface area contributed by atoms with Gasteiger partial charge in [0.1, 0.15) is 0 Å². The molecule has 0 amide bonds. The highest BCUT2D eigenvalue weighted by atomic mass is 32.2. The molecule has 0 aliphatic carbocycles. The van der Waals surface area contributed by atoms with Gasteiger partial charge in [0.2, 0.25) is 0 Å². The first-order chi connectivity index (χ1) is 8.20. The van der Waals surface area contributed by atoms with Gasteiger partial charge in [-0.1, -0.05) is 32.0 Å². The van der Waals surface area contributed by atoms with Crippen LogP contribution in [0.5, 0.6) is 0 Å². The second kappa shape index (κ2) is 5.78. The van der Waals surface area contributed by atoms with Gasteiger partial charge in [-0.25, -0.2) is 0 Å². The lowest BCUT2D eigenvalue weighted by Crippen LogP contribution is -2.40. The molecule has 2 N–H and O–H groups in total.